The third kappa shape index (κ3) is 3.11. The molecule has 84 valence electrons. The molecule has 0 amide bonds. The van der Waals surface area contributed by atoms with E-state index in [-0.39, 0.29) is 18.3 Å². The van der Waals surface area contributed by atoms with Crippen molar-refractivity contribution in [3.63, 3.8) is 0 Å². The van der Waals surface area contributed by atoms with Crippen LogP contribution in [0.15, 0.2) is 24.3 Å². The minimum Gasteiger partial charge on any atom is -0.469 e. The molecule has 0 aliphatic rings. The number of carbonyl (C=O) groups excluding carboxylic acids is 1. The van der Waals surface area contributed by atoms with Gasteiger partial charge in [0, 0.05) is 11.5 Å². The molecule has 0 aromatic heterocycles. The van der Waals surface area contributed by atoms with Crippen molar-refractivity contribution in [3.8, 4) is 12.3 Å². The summed E-state index contributed by atoms with van der Waals surface area (Å²) in [4.78, 5) is 11.2. The zero-order valence-corrected chi connectivity index (χ0v) is 9.27. The lowest BCUT2D eigenvalue weighted by molar-refractivity contribution is -0.141. The largest absolute Gasteiger partial charge is 0.469 e. The van der Waals surface area contributed by atoms with E-state index in [1.807, 2.05) is 24.3 Å². The van der Waals surface area contributed by atoms with Gasteiger partial charge in [-0.3, -0.25) is 4.79 Å². The fourth-order valence-electron chi connectivity index (χ4n) is 1.50. The average molecular weight is 217 g/mol. The molecule has 0 radical (unpaired) electrons. The number of benzene rings is 1. The molecule has 0 saturated carbocycles. The van der Waals surface area contributed by atoms with Gasteiger partial charge >= 0.3 is 5.97 Å². The summed E-state index contributed by atoms with van der Waals surface area (Å²) < 4.78 is 4.63. The Morgan fingerprint density at radius 2 is 2.38 bits per heavy atom. The lowest BCUT2D eigenvalue weighted by Crippen LogP contribution is -2.17. The highest BCUT2D eigenvalue weighted by molar-refractivity contribution is 5.70. The first-order valence-corrected chi connectivity index (χ1v) is 5.04. The molecule has 3 heteroatoms. The first-order chi connectivity index (χ1) is 7.71. The Morgan fingerprint density at radius 1 is 1.62 bits per heavy atom. The molecule has 1 atom stereocenters. The maximum Gasteiger partial charge on any atom is 0.306 e. The molecule has 0 aliphatic heterocycles. The van der Waals surface area contributed by atoms with Crippen LogP contribution in [0.4, 0.5) is 0 Å². The summed E-state index contributed by atoms with van der Waals surface area (Å²) >= 11 is 0. The summed E-state index contributed by atoms with van der Waals surface area (Å²) in [5, 5.41) is 0. The molecule has 0 aliphatic carbocycles. The molecule has 0 bridgehead atoms. The Balaban J connectivity index is 2.86. The van der Waals surface area contributed by atoms with Gasteiger partial charge in [0.2, 0.25) is 0 Å². The zero-order valence-electron chi connectivity index (χ0n) is 9.27. The van der Waals surface area contributed by atoms with Gasteiger partial charge in [-0.05, 0) is 24.2 Å². The second kappa shape index (κ2) is 5.94. The first kappa shape index (κ1) is 12.3. The fraction of sp³-hybridized carbons (Fsp3) is 0.308. The molecule has 0 heterocycles. The van der Waals surface area contributed by atoms with Crippen LogP contribution in [-0.2, 0) is 9.53 Å². The average Bonchev–Trinajstić information content (AvgIpc) is 2.35. The van der Waals surface area contributed by atoms with Gasteiger partial charge in [-0.15, -0.1) is 6.42 Å². The molecule has 1 aromatic rings. The maximum atomic E-state index is 11.2. The van der Waals surface area contributed by atoms with Crippen molar-refractivity contribution in [1.29, 1.82) is 0 Å². The normalized spacial score (nSPS) is 11.6. The highest BCUT2D eigenvalue weighted by atomic mass is 16.5. The van der Waals surface area contributed by atoms with Gasteiger partial charge in [-0.25, -0.2) is 0 Å². The molecule has 2 N–H and O–H groups in total. The fourth-order valence-corrected chi connectivity index (χ4v) is 1.50. The predicted molar refractivity (Wildman–Crippen MR) is 62.8 cm³/mol. The molecule has 3 nitrogen and oxygen atoms in total. The van der Waals surface area contributed by atoms with Crippen molar-refractivity contribution in [2.45, 2.75) is 12.3 Å². The number of hydrogen-bond donors (Lipinski definition) is 1. The van der Waals surface area contributed by atoms with E-state index in [1.165, 1.54) is 7.11 Å². The van der Waals surface area contributed by atoms with Crippen LogP contribution in [0.1, 0.15) is 23.5 Å². The van der Waals surface area contributed by atoms with Crippen LogP contribution in [-0.4, -0.2) is 19.6 Å². The van der Waals surface area contributed by atoms with Gasteiger partial charge in [0.15, 0.2) is 0 Å². The van der Waals surface area contributed by atoms with E-state index >= 15 is 0 Å². The lowest BCUT2D eigenvalue weighted by Gasteiger charge is -2.13. The second-order valence-corrected chi connectivity index (χ2v) is 3.48. The number of terminal acetylenes is 1. The van der Waals surface area contributed by atoms with E-state index in [4.69, 9.17) is 12.2 Å². The van der Waals surface area contributed by atoms with Gasteiger partial charge in [0.05, 0.1) is 13.5 Å². The number of carbonyl (C=O) groups is 1. The number of hydrogen-bond acceptors (Lipinski definition) is 3. The van der Waals surface area contributed by atoms with E-state index in [1.54, 1.807) is 0 Å². The van der Waals surface area contributed by atoms with E-state index < -0.39 is 0 Å². The van der Waals surface area contributed by atoms with Crippen LogP contribution >= 0.6 is 0 Å². The zero-order chi connectivity index (χ0) is 12.0. The van der Waals surface area contributed by atoms with Crippen LogP contribution < -0.4 is 5.73 Å². The summed E-state index contributed by atoms with van der Waals surface area (Å²) in [5.74, 6) is 2.25. The quantitative estimate of drug-likeness (QED) is 0.610. The van der Waals surface area contributed by atoms with Gasteiger partial charge in [0.1, 0.15) is 0 Å². The lowest BCUT2D eigenvalue weighted by atomic mass is 9.94. The van der Waals surface area contributed by atoms with Crippen LogP contribution in [0.5, 0.6) is 0 Å². The molecule has 0 fully saturated rings. The Hall–Kier alpha value is -1.79. The standard InChI is InChI=1S/C13H15NO2/c1-3-10-5-4-6-11(7-10)12(9-14)8-13(15)16-2/h1,4-7,12H,8-9,14H2,2H3. The molecule has 1 aromatic carbocycles. The van der Waals surface area contributed by atoms with Crippen molar-refractivity contribution in [3.05, 3.63) is 35.4 Å². The monoisotopic (exact) mass is 217 g/mol. The van der Waals surface area contributed by atoms with Crippen LogP contribution in [0.2, 0.25) is 0 Å². The molecule has 1 rings (SSSR count). The summed E-state index contributed by atoms with van der Waals surface area (Å²) in [6.07, 6.45) is 5.59. The minimum absolute atomic E-state index is 0.0410. The Kier molecular flexibility index (Phi) is 4.56. The Morgan fingerprint density at radius 3 is 2.94 bits per heavy atom. The summed E-state index contributed by atoms with van der Waals surface area (Å²) in [7, 11) is 1.37. The minimum atomic E-state index is -0.262. The van der Waals surface area contributed by atoms with E-state index in [2.05, 4.69) is 10.7 Å². The number of methoxy groups -OCH3 is 1. The first-order valence-electron chi connectivity index (χ1n) is 5.04. The van der Waals surface area contributed by atoms with E-state index in [9.17, 15) is 4.79 Å². The summed E-state index contributed by atoms with van der Waals surface area (Å²) in [6, 6.07) is 7.50. The van der Waals surface area contributed by atoms with Crippen molar-refractivity contribution < 1.29 is 9.53 Å². The van der Waals surface area contributed by atoms with Crippen LogP contribution in [0.25, 0.3) is 0 Å². The molecular formula is C13H15NO2. The van der Waals surface area contributed by atoms with Crippen molar-refractivity contribution in [2.24, 2.45) is 5.73 Å². The Labute approximate surface area is 95.6 Å². The molecule has 0 saturated heterocycles. The summed E-state index contributed by atoms with van der Waals surface area (Å²) in [6.45, 7) is 0.392. The van der Waals surface area contributed by atoms with Gasteiger partial charge in [-0.1, -0.05) is 18.1 Å². The number of nitrogens with two attached hydrogens (primary N) is 1. The predicted octanol–water partition coefficient (Wildman–Crippen LogP) is 1.27. The van der Waals surface area contributed by atoms with Crippen LogP contribution in [0.3, 0.4) is 0 Å². The SMILES string of the molecule is C#Cc1cccc(C(CN)CC(=O)OC)c1. The molecule has 1 unspecified atom stereocenters. The molecular weight excluding hydrogens is 202 g/mol. The highest BCUT2D eigenvalue weighted by Crippen LogP contribution is 2.19. The smallest absolute Gasteiger partial charge is 0.306 e. The van der Waals surface area contributed by atoms with Gasteiger partial charge in [-0.2, -0.15) is 0 Å². The summed E-state index contributed by atoms with van der Waals surface area (Å²) in [5.41, 5.74) is 7.41. The second-order valence-electron chi connectivity index (χ2n) is 3.48. The third-order valence-corrected chi connectivity index (χ3v) is 2.45. The van der Waals surface area contributed by atoms with Crippen molar-refractivity contribution in [1.82, 2.24) is 0 Å². The number of rotatable bonds is 4. The van der Waals surface area contributed by atoms with Gasteiger partial charge < -0.3 is 10.5 Å². The van der Waals surface area contributed by atoms with E-state index in [0.717, 1.165) is 11.1 Å². The van der Waals surface area contributed by atoms with Crippen LogP contribution in [0, 0.1) is 12.3 Å². The number of esters is 1. The molecule has 0 spiro atoms. The third-order valence-electron chi connectivity index (χ3n) is 2.45. The highest BCUT2D eigenvalue weighted by Gasteiger charge is 2.14. The van der Waals surface area contributed by atoms with Crippen molar-refractivity contribution in [2.75, 3.05) is 13.7 Å². The van der Waals surface area contributed by atoms with Crippen molar-refractivity contribution >= 4 is 5.97 Å². The number of ether oxygens (including phenoxy) is 1. The maximum absolute atomic E-state index is 11.2. The Bertz CT molecular complexity index is 407. The molecule has 16 heavy (non-hydrogen) atoms. The van der Waals surface area contributed by atoms with E-state index in [0.29, 0.717) is 6.54 Å². The topological polar surface area (TPSA) is 52.3 Å². The van der Waals surface area contributed by atoms with Gasteiger partial charge in [0.25, 0.3) is 0 Å².